The smallest absolute Gasteiger partial charge is 0.319 e. The maximum absolute atomic E-state index is 11.3. The number of carbonyl (C=O) groups excluding carboxylic acids is 1. The number of hydrogen-bond donors (Lipinski definition) is 1. The topological polar surface area (TPSA) is 53.0 Å². The van der Waals surface area contributed by atoms with Crippen molar-refractivity contribution in [1.82, 2.24) is 9.80 Å². The summed E-state index contributed by atoms with van der Waals surface area (Å²) in [6, 6.07) is 0.0175. The molecule has 2 amide bonds. The molecule has 0 atom stereocenters. The van der Waals surface area contributed by atoms with E-state index in [1.807, 2.05) is 0 Å². The summed E-state index contributed by atoms with van der Waals surface area (Å²) in [6.45, 7) is 1.67. The number of ether oxygens (including phenoxy) is 1. The molecule has 5 heteroatoms. The van der Waals surface area contributed by atoms with E-state index in [1.54, 1.807) is 23.9 Å². The predicted molar refractivity (Wildman–Crippen MR) is 47.5 cm³/mol. The summed E-state index contributed by atoms with van der Waals surface area (Å²) in [5.74, 6) is 0. The third-order valence-electron chi connectivity index (χ3n) is 1.95. The van der Waals surface area contributed by atoms with Crippen molar-refractivity contribution in [2.24, 2.45) is 0 Å². The van der Waals surface area contributed by atoms with Crippen molar-refractivity contribution in [3.8, 4) is 0 Å². The normalized spacial score (nSPS) is 17.0. The third kappa shape index (κ3) is 2.57. The Morgan fingerprint density at radius 3 is 2.69 bits per heavy atom. The van der Waals surface area contributed by atoms with Gasteiger partial charge in [-0.3, -0.25) is 0 Å². The zero-order valence-corrected chi connectivity index (χ0v) is 8.06. The van der Waals surface area contributed by atoms with Crippen LogP contribution in [0.15, 0.2) is 0 Å². The Morgan fingerprint density at radius 1 is 1.62 bits per heavy atom. The van der Waals surface area contributed by atoms with Crippen LogP contribution in [0.4, 0.5) is 4.79 Å². The maximum atomic E-state index is 11.3. The fourth-order valence-electron chi connectivity index (χ4n) is 1.20. The number of carbonyl (C=O) groups is 1. The number of amides is 2. The van der Waals surface area contributed by atoms with Crippen LogP contribution in [0.25, 0.3) is 0 Å². The summed E-state index contributed by atoms with van der Waals surface area (Å²) in [4.78, 5) is 14.5. The molecule has 5 nitrogen and oxygen atoms in total. The van der Waals surface area contributed by atoms with Gasteiger partial charge in [0.25, 0.3) is 0 Å². The average molecular weight is 188 g/mol. The molecule has 0 spiro atoms. The quantitative estimate of drug-likeness (QED) is 0.641. The van der Waals surface area contributed by atoms with Gasteiger partial charge in [0.2, 0.25) is 0 Å². The van der Waals surface area contributed by atoms with Crippen LogP contribution in [-0.4, -0.2) is 67.4 Å². The number of aliphatic hydroxyl groups excluding tert-OH is 1. The first-order valence-corrected chi connectivity index (χ1v) is 4.34. The molecule has 13 heavy (non-hydrogen) atoms. The van der Waals surface area contributed by atoms with Gasteiger partial charge in [0, 0.05) is 14.1 Å². The lowest BCUT2D eigenvalue weighted by Gasteiger charge is -2.39. The fourth-order valence-corrected chi connectivity index (χ4v) is 1.20. The Hall–Kier alpha value is -0.810. The van der Waals surface area contributed by atoms with Crippen molar-refractivity contribution in [3.05, 3.63) is 0 Å². The highest BCUT2D eigenvalue weighted by Gasteiger charge is 2.31. The van der Waals surface area contributed by atoms with E-state index >= 15 is 0 Å². The molecule has 1 fully saturated rings. The van der Waals surface area contributed by atoms with Gasteiger partial charge in [0.05, 0.1) is 32.4 Å². The largest absolute Gasteiger partial charge is 0.394 e. The van der Waals surface area contributed by atoms with Crippen LogP contribution in [-0.2, 0) is 4.74 Å². The molecule has 0 saturated carbocycles. The maximum Gasteiger partial charge on any atom is 0.319 e. The van der Waals surface area contributed by atoms with Crippen molar-refractivity contribution < 1.29 is 14.6 Å². The number of likely N-dealkylation sites (tertiary alicyclic amines) is 1. The fraction of sp³-hybridized carbons (Fsp3) is 0.875. The molecule has 1 N–H and O–H groups in total. The lowest BCUT2D eigenvalue weighted by Crippen LogP contribution is -2.57. The Kier molecular flexibility index (Phi) is 3.50. The van der Waals surface area contributed by atoms with Gasteiger partial charge in [0.1, 0.15) is 0 Å². The first-order chi connectivity index (χ1) is 6.15. The molecule has 0 radical (unpaired) electrons. The molecule has 1 heterocycles. The highest BCUT2D eigenvalue weighted by atomic mass is 16.5. The van der Waals surface area contributed by atoms with Crippen molar-refractivity contribution >= 4 is 6.03 Å². The molecule has 0 bridgehead atoms. The van der Waals surface area contributed by atoms with Gasteiger partial charge in [-0.05, 0) is 0 Å². The minimum absolute atomic E-state index is 0.0175. The highest BCUT2D eigenvalue weighted by molar-refractivity contribution is 5.74. The molecule has 0 aliphatic carbocycles. The number of urea groups is 1. The van der Waals surface area contributed by atoms with Crippen LogP contribution >= 0.6 is 0 Å². The lowest BCUT2D eigenvalue weighted by atomic mass is 10.2. The summed E-state index contributed by atoms with van der Waals surface area (Å²) >= 11 is 0. The summed E-state index contributed by atoms with van der Waals surface area (Å²) in [5.41, 5.74) is 0. The van der Waals surface area contributed by atoms with Gasteiger partial charge < -0.3 is 19.6 Å². The molecule has 1 saturated heterocycles. The highest BCUT2D eigenvalue weighted by Crippen LogP contribution is 2.12. The summed E-state index contributed by atoms with van der Waals surface area (Å²) < 4.78 is 5.22. The van der Waals surface area contributed by atoms with E-state index in [1.165, 1.54) is 0 Å². The molecule has 0 aromatic carbocycles. The zero-order valence-electron chi connectivity index (χ0n) is 8.06. The number of hydrogen-bond acceptors (Lipinski definition) is 3. The van der Waals surface area contributed by atoms with Gasteiger partial charge in [-0.15, -0.1) is 0 Å². The van der Waals surface area contributed by atoms with E-state index in [0.29, 0.717) is 19.7 Å². The predicted octanol–water partition coefficient (Wildman–Crippen LogP) is -0.639. The van der Waals surface area contributed by atoms with Crippen molar-refractivity contribution in [3.63, 3.8) is 0 Å². The first-order valence-electron chi connectivity index (χ1n) is 4.34. The SMILES string of the molecule is CN(C)C(=O)N1CC(OCCO)C1. The van der Waals surface area contributed by atoms with E-state index < -0.39 is 0 Å². The van der Waals surface area contributed by atoms with Gasteiger partial charge in [-0.2, -0.15) is 0 Å². The van der Waals surface area contributed by atoms with Crippen molar-refractivity contribution in [1.29, 1.82) is 0 Å². The van der Waals surface area contributed by atoms with Crippen LogP contribution in [0.2, 0.25) is 0 Å². The monoisotopic (exact) mass is 188 g/mol. The van der Waals surface area contributed by atoms with Crippen LogP contribution in [0.5, 0.6) is 0 Å². The first kappa shape index (κ1) is 10.3. The van der Waals surface area contributed by atoms with E-state index in [9.17, 15) is 4.79 Å². The second kappa shape index (κ2) is 4.43. The standard InChI is InChI=1S/C8H16N2O3/c1-9(2)8(12)10-5-7(6-10)13-4-3-11/h7,11H,3-6H2,1-2H3. The lowest BCUT2D eigenvalue weighted by molar-refractivity contribution is -0.0493. The molecular formula is C8H16N2O3. The Bertz CT molecular complexity index is 178. The average Bonchev–Trinajstić information content (AvgIpc) is 2.01. The summed E-state index contributed by atoms with van der Waals surface area (Å²) in [5, 5.41) is 8.48. The second-order valence-corrected chi connectivity index (χ2v) is 3.30. The molecule has 0 aromatic rings. The Balaban J connectivity index is 2.14. The molecule has 1 aliphatic rings. The van der Waals surface area contributed by atoms with E-state index in [2.05, 4.69) is 0 Å². The summed E-state index contributed by atoms with van der Waals surface area (Å²) in [7, 11) is 3.45. The number of nitrogens with zero attached hydrogens (tertiary/aromatic N) is 2. The van der Waals surface area contributed by atoms with E-state index in [0.717, 1.165) is 0 Å². The number of rotatable bonds is 3. The van der Waals surface area contributed by atoms with Crippen LogP contribution in [0, 0.1) is 0 Å². The van der Waals surface area contributed by atoms with Gasteiger partial charge in [-0.1, -0.05) is 0 Å². The van der Waals surface area contributed by atoms with Gasteiger partial charge in [0.15, 0.2) is 0 Å². The summed E-state index contributed by atoms with van der Waals surface area (Å²) in [6.07, 6.45) is 0.107. The molecule has 0 aromatic heterocycles. The minimum atomic E-state index is 0.0175. The molecule has 1 rings (SSSR count). The molecule has 0 unspecified atom stereocenters. The number of aliphatic hydroxyl groups is 1. The van der Waals surface area contributed by atoms with Gasteiger partial charge >= 0.3 is 6.03 Å². The Morgan fingerprint density at radius 2 is 2.23 bits per heavy atom. The minimum Gasteiger partial charge on any atom is -0.394 e. The van der Waals surface area contributed by atoms with Crippen molar-refractivity contribution in [2.45, 2.75) is 6.10 Å². The second-order valence-electron chi connectivity index (χ2n) is 3.30. The van der Waals surface area contributed by atoms with Crippen LogP contribution in [0.3, 0.4) is 0 Å². The third-order valence-corrected chi connectivity index (χ3v) is 1.95. The van der Waals surface area contributed by atoms with Crippen molar-refractivity contribution in [2.75, 3.05) is 40.4 Å². The Labute approximate surface area is 77.9 Å². The molecular weight excluding hydrogens is 172 g/mol. The van der Waals surface area contributed by atoms with Crippen LogP contribution < -0.4 is 0 Å². The molecule has 76 valence electrons. The van der Waals surface area contributed by atoms with Gasteiger partial charge in [-0.25, -0.2) is 4.79 Å². The zero-order chi connectivity index (χ0) is 9.84. The molecule has 1 aliphatic heterocycles. The van der Waals surface area contributed by atoms with E-state index in [4.69, 9.17) is 9.84 Å². The van der Waals surface area contributed by atoms with Crippen LogP contribution in [0.1, 0.15) is 0 Å². The van der Waals surface area contributed by atoms with E-state index in [-0.39, 0.29) is 18.7 Å².